The summed E-state index contributed by atoms with van der Waals surface area (Å²) in [6.45, 7) is 0. The number of halogens is 1. The van der Waals surface area contributed by atoms with Gasteiger partial charge in [-0.1, -0.05) is 15.9 Å². The first kappa shape index (κ1) is 12.4. The van der Waals surface area contributed by atoms with Gasteiger partial charge in [0.05, 0.1) is 0 Å². The van der Waals surface area contributed by atoms with Crippen molar-refractivity contribution in [3.63, 3.8) is 0 Å². The molecule has 92 valence electrons. The molecule has 1 heterocycles. The molecule has 18 heavy (non-hydrogen) atoms. The number of aliphatic hydroxyl groups is 1. The molecule has 0 saturated carbocycles. The van der Waals surface area contributed by atoms with Gasteiger partial charge in [0.1, 0.15) is 5.58 Å². The summed E-state index contributed by atoms with van der Waals surface area (Å²) < 4.78 is 6.08. The van der Waals surface area contributed by atoms with Crippen LogP contribution < -0.4 is 0 Å². The van der Waals surface area contributed by atoms with Crippen LogP contribution in [0.1, 0.15) is 10.6 Å². The topological polar surface area (TPSA) is 87.7 Å². The van der Waals surface area contributed by atoms with Crippen molar-refractivity contribution < 1.29 is 24.2 Å². The maximum atomic E-state index is 11.6. The SMILES string of the molecule is O=C(O)/C(O)=C/C(=O)c1cc2cc(Br)ccc2o1. The molecule has 0 aliphatic carbocycles. The second-order valence-electron chi connectivity index (χ2n) is 3.49. The minimum atomic E-state index is -1.57. The molecule has 0 radical (unpaired) electrons. The molecule has 0 unspecified atom stereocenters. The molecule has 0 aliphatic rings. The fourth-order valence-electron chi connectivity index (χ4n) is 1.39. The van der Waals surface area contributed by atoms with E-state index in [-0.39, 0.29) is 5.76 Å². The maximum Gasteiger partial charge on any atom is 0.371 e. The molecule has 1 aromatic carbocycles. The lowest BCUT2D eigenvalue weighted by Gasteiger charge is -1.90. The molecule has 2 N–H and O–H groups in total. The molecule has 6 heteroatoms. The first-order chi connectivity index (χ1) is 8.47. The van der Waals surface area contributed by atoms with Gasteiger partial charge in [-0.2, -0.15) is 0 Å². The third-order valence-electron chi connectivity index (χ3n) is 2.21. The summed E-state index contributed by atoms with van der Waals surface area (Å²) in [7, 11) is 0. The zero-order valence-electron chi connectivity index (χ0n) is 8.88. The lowest BCUT2D eigenvalue weighted by atomic mass is 10.2. The fourth-order valence-corrected chi connectivity index (χ4v) is 1.77. The molecule has 0 atom stereocenters. The number of carbonyl (C=O) groups excluding carboxylic acids is 1. The Morgan fingerprint density at radius 3 is 2.61 bits per heavy atom. The van der Waals surface area contributed by atoms with Crippen LogP contribution in [0.4, 0.5) is 0 Å². The van der Waals surface area contributed by atoms with E-state index in [0.29, 0.717) is 17.0 Å². The van der Waals surface area contributed by atoms with Gasteiger partial charge in [-0.05, 0) is 24.3 Å². The number of aliphatic carboxylic acids is 1. The highest BCUT2D eigenvalue weighted by Gasteiger charge is 2.13. The highest BCUT2D eigenvalue weighted by atomic mass is 79.9. The number of hydrogen-bond acceptors (Lipinski definition) is 4. The minimum Gasteiger partial charge on any atom is -0.502 e. The first-order valence-electron chi connectivity index (χ1n) is 4.85. The van der Waals surface area contributed by atoms with Gasteiger partial charge >= 0.3 is 5.97 Å². The second kappa shape index (κ2) is 4.66. The monoisotopic (exact) mass is 310 g/mol. The third-order valence-corrected chi connectivity index (χ3v) is 2.70. The Hall–Kier alpha value is -2.08. The summed E-state index contributed by atoms with van der Waals surface area (Å²) in [4.78, 5) is 22.0. The fraction of sp³-hybridized carbons (Fsp3) is 0. The Bertz CT molecular complexity index is 668. The van der Waals surface area contributed by atoms with Crippen molar-refractivity contribution in [3.8, 4) is 0 Å². The van der Waals surface area contributed by atoms with Crippen LogP contribution in [-0.2, 0) is 4.79 Å². The predicted molar refractivity (Wildman–Crippen MR) is 66.6 cm³/mol. The summed E-state index contributed by atoms with van der Waals surface area (Å²) in [5, 5.41) is 18.1. The van der Waals surface area contributed by atoms with E-state index in [9.17, 15) is 9.59 Å². The number of hydrogen-bond donors (Lipinski definition) is 2. The standard InChI is InChI=1S/C12H7BrO5/c13-7-1-2-10-6(3-7)4-11(18-10)8(14)5-9(15)12(16)17/h1-5,15H,(H,16,17)/b9-5-. The summed E-state index contributed by atoms with van der Waals surface area (Å²) in [6.07, 6.45) is 0.606. The van der Waals surface area contributed by atoms with E-state index in [4.69, 9.17) is 14.6 Å². The van der Waals surface area contributed by atoms with Gasteiger partial charge in [0.25, 0.3) is 0 Å². The van der Waals surface area contributed by atoms with Crippen molar-refractivity contribution in [2.45, 2.75) is 0 Å². The van der Waals surface area contributed by atoms with Gasteiger partial charge in [0.15, 0.2) is 5.76 Å². The van der Waals surface area contributed by atoms with Crippen LogP contribution in [0.2, 0.25) is 0 Å². The highest BCUT2D eigenvalue weighted by Crippen LogP contribution is 2.23. The van der Waals surface area contributed by atoms with Crippen molar-refractivity contribution in [3.05, 3.63) is 46.3 Å². The molecule has 5 nitrogen and oxygen atoms in total. The summed E-state index contributed by atoms with van der Waals surface area (Å²) >= 11 is 3.28. The smallest absolute Gasteiger partial charge is 0.371 e. The van der Waals surface area contributed by atoms with Crippen LogP contribution >= 0.6 is 15.9 Å². The number of aliphatic hydroxyl groups excluding tert-OH is 1. The Morgan fingerprint density at radius 1 is 1.22 bits per heavy atom. The van der Waals surface area contributed by atoms with Gasteiger partial charge in [-0.3, -0.25) is 4.79 Å². The van der Waals surface area contributed by atoms with Crippen molar-refractivity contribution in [1.82, 2.24) is 0 Å². The Morgan fingerprint density at radius 2 is 1.94 bits per heavy atom. The van der Waals surface area contributed by atoms with Crippen LogP contribution in [0.25, 0.3) is 11.0 Å². The number of fused-ring (bicyclic) bond motifs is 1. The van der Waals surface area contributed by atoms with Crippen molar-refractivity contribution >= 4 is 38.7 Å². The number of rotatable bonds is 3. The van der Waals surface area contributed by atoms with E-state index in [1.807, 2.05) is 0 Å². The lowest BCUT2D eigenvalue weighted by molar-refractivity contribution is -0.135. The minimum absolute atomic E-state index is 0.0316. The number of allylic oxidation sites excluding steroid dienone is 1. The number of ketones is 1. The van der Waals surface area contributed by atoms with Crippen molar-refractivity contribution in [1.29, 1.82) is 0 Å². The van der Waals surface area contributed by atoms with Crippen LogP contribution in [0.3, 0.4) is 0 Å². The summed E-state index contributed by atoms with van der Waals surface area (Å²) in [5.41, 5.74) is 0.504. The largest absolute Gasteiger partial charge is 0.502 e. The van der Waals surface area contributed by atoms with Crippen LogP contribution in [0, 0.1) is 0 Å². The average molecular weight is 311 g/mol. The van der Waals surface area contributed by atoms with E-state index in [1.165, 1.54) is 6.07 Å². The van der Waals surface area contributed by atoms with Crippen molar-refractivity contribution in [2.24, 2.45) is 0 Å². The zero-order valence-corrected chi connectivity index (χ0v) is 10.5. The second-order valence-corrected chi connectivity index (χ2v) is 4.41. The van der Waals surface area contributed by atoms with E-state index < -0.39 is 17.5 Å². The molecule has 2 aromatic rings. The average Bonchev–Trinajstić information content (AvgIpc) is 2.71. The number of benzene rings is 1. The van der Waals surface area contributed by atoms with E-state index in [2.05, 4.69) is 15.9 Å². The van der Waals surface area contributed by atoms with Crippen molar-refractivity contribution in [2.75, 3.05) is 0 Å². The Balaban J connectivity index is 2.40. The van der Waals surface area contributed by atoms with Crippen LogP contribution in [-0.4, -0.2) is 22.0 Å². The van der Waals surface area contributed by atoms with Gasteiger partial charge in [-0.15, -0.1) is 0 Å². The van der Waals surface area contributed by atoms with E-state index in [0.717, 1.165) is 4.47 Å². The molecule has 2 rings (SSSR count). The zero-order chi connectivity index (χ0) is 13.3. The highest BCUT2D eigenvalue weighted by molar-refractivity contribution is 9.10. The van der Waals surface area contributed by atoms with Crippen LogP contribution in [0.15, 0.2) is 45.0 Å². The maximum absolute atomic E-state index is 11.6. The Labute approximate surface area is 109 Å². The van der Waals surface area contributed by atoms with Gasteiger partial charge in [0, 0.05) is 15.9 Å². The van der Waals surface area contributed by atoms with E-state index in [1.54, 1.807) is 18.2 Å². The third kappa shape index (κ3) is 2.43. The Kier molecular flexibility index (Phi) is 3.20. The number of carboxylic acid groups (broad SMARTS) is 1. The summed E-state index contributed by atoms with van der Waals surface area (Å²) in [6, 6.07) is 6.67. The number of furan rings is 1. The molecule has 0 aliphatic heterocycles. The molecule has 0 saturated heterocycles. The van der Waals surface area contributed by atoms with Gasteiger partial charge in [0.2, 0.25) is 11.5 Å². The molecule has 0 bridgehead atoms. The molecule has 0 fully saturated rings. The lowest BCUT2D eigenvalue weighted by Crippen LogP contribution is -2.03. The predicted octanol–water partition coefficient (Wildman–Crippen LogP) is 2.90. The quantitative estimate of drug-likeness (QED) is 0.517. The molecule has 1 aromatic heterocycles. The normalized spacial score (nSPS) is 11.7. The van der Waals surface area contributed by atoms with Gasteiger partial charge < -0.3 is 14.6 Å². The van der Waals surface area contributed by atoms with Crippen LogP contribution in [0.5, 0.6) is 0 Å². The first-order valence-corrected chi connectivity index (χ1v) is 5.64. The van der Waals surface area contributed by atoms with Gasteiger partial charge in [-0.25, -0.2) is 4.79 Å². The summed E-state index contributed by atoms with van der Waals surface area (Å²) in [5.74, 6) is -3.33. The number of carboxylic acids is 1. The molecular weight excluding hydrogens is 304 g/mol. The van der Waals surface area contributed by atoms with E-state index >= 15 is 0 Å². The molecule has 0 amide bonds. The number of carbonyl (C=O) groups is 2. The molecular formula is C12H7BrO5. The molecule has 0 spiro atoms.